The zero-order valence-corrected chi connectivity index (χ0v) is 78.9. The molecule has 147 heavy (non-hydrogen) atoms. The second kappa shape index (κ2) is 37.0. The molecule has 0 aliphatic heterocycles. The predicted octanol–water partition coefficient (Wildman–Crippen LogP) is 40.2. The Morgan fingerprint density at radius 3 is 0.633 bits per heavy atom. The van der Waals surface area contributed by atoms with Gasteiger partial charge in [0.1, 0.15) is 50.2 Å². The Morgan fingerprint density at radius 1 is 0.136 bits per heavy atom. The van der Waals surface area contributed by atoms with Crippen LogP contribution in [0.25, 0.3) is 221 Å². The van der Waals surface area contributed by atoms with Crippen LogP contribution >= 0.6 is 0 Å². The molecule has 0 saturated heterocycles. The molecule has 692 valence electrons. The number of benzene rings is 23. The minimum Gasteiger partial charge on any atom is -0.456 e. The molecule has 0 aliphatic rings. The van der Waals surface area contributed by atoms with E-state index < -0.39 is 36.3 Å². The Bertz CT molecular complexity index is 10400. The normalized spacial score (nSPS) is 12.5. The van der Waals surface area contributed by atoms with Gasteiger partial charge in [0, 0.05) is 82.6 Å². The highest BCUT2D eigenvalue weighted by molar-refractivity contribution is 6.26. The van der Waals surface area contributed by atoms with E-state index in [1.54, 1.807) is 48.5 Å². The molecule has 0 unspecified atom stereocenters. The monoisotopic (exact) mass is 1890 g/mol. The van der Waals surface area contributed by atoms with Gasteiger partial charge in [-0.2, -0.15) is 0 Å². The maximum Gasteiger partial charge on any atom is 0.159 e. The van der Waals surface area contributed by atoms with Crippen LogP contribution in [0.3, 0.4) is 0 Å². The van der Waals surface area contributed by atoms with Crippen molar-refractivity contribution in [1.29, 1.82) is 0 Å². The lowest BCUT2D eigenvalue weighted by Gasteiger charge is -2.26. The van der Waals surface area contributed by atoms with Gasteiger partial charge in [0.05, 0.1) is 46.9 Å². The third-order valence-corrected chi connectivity index (χ3v) is 27.9. The summed E-state index contributed by atoms with van der Waals surface area (Å²) in [6, 6.07) is 160. The number of hydrogen-bond donors (Lipinski definition) is 0. The zero-order valence-electron chi connectivity index (χ0n) is 88.9. The van der Waals surface area contributed by atoms with E-state index in [2.05, 4.69) is 350 Å². The molecule has 0 amide bonds. The van der Waals surface area contributed by atoms with Crippen LogP contribution < -0.4 is 14.7 Å². The molecule has 23 aromatic carbocycles. The van der Waals surface area contributed by atoms with E-state index in [0.717, 1.165) is 160 Å². The highest BCUT2D eigenvalue weighted by Crippen LogP contribution is 2.52. The SMILES string of the molecule is [2H]c1c([2H])c([2H])c(-c2ccc(N(c3ccc(-c4c([2H])c([2H])c([2H])c([2H])c4[2H])cc3)c3cccc4c3oc3c4ccc4oc5ccccc5c43)cc2)c([2H])c1[2H].c1ccc(-c2ccc(-c3ccc(N(c4ccc(-c5ccccc5)cc4)c4cccc5c4oc4c5ccc5oc6ccccc6c54)cc3)cc2)cc1.c1ccc(-c2ccc(N(c3ccc(-c4ccccc4-c4ccccc4)cc3)c3cccc4c3oc3c4ccc4oc5ccccc5c43)cc2)cc1. The Kier molecular flexibility index (Phi) is 19.2. The summed E-state index contributed by atoms with van der Waals surface area (Å²) in [4.78, 5) is 6.55. The van der Waals surface area contributed by atoms with Gasteiger partial charge in [0.25, 0.3) is 0 Å². The average Bonchev–Trinajstić information content (AvgIpc) is 1.58. The molecule has 0 spiro atoms. The van der Waals surface area contributed by atoms with Gasteiger partial charge in [-0.05, 0) is 235 Å². The minimum absolute atomic E-state index is 0.0859. The fourth-order valence-electron chi connectivity index (χ4n) is 20.9. The standard InChI is InChI=1S/2C48H31NO2.C42H27NO2/c1-3-12-32(13-4-1)33-22-26-36(27-23-33)49(37-28-24-35(25-29-37)39-17-8-7-16-38(39)34-14-5-2-6-15-34)43-20-11-19-40-41-30-31-45-46(48(41)51-47(40)43)42-18-9-10-21-44(42)50-45;1-3-10-32(11-4-1)34-18-20-35(21-19-34)37-24-28-39(29-25-37)49(38-26-22-36(23-27-38)33-12-5-2-6-13-33)43-16-9-15-40-41-30-31-45-46(48(41)51-47(40)43)42-14-7-8-17-44(42)50-45;1-3-10-28(11-4-1)30-18-22-32(23-19-30)43(33-24-20-31(21-25-33)29-12-5-2-6-13-29)37-16-9-15-34-35-26-27-39-40(42(35)45-41(34)37)36-14-7-8-17-38(36)44-39/h2*1-31H;1-27H/i;;1D,2D,3D,4D,5D,6D,10D,11D,12D,13D. The van der Waals surface area contributed by atoms with Crippen LogP contribution in [0.15, 0.2) is 566 Å². The van der Waals surface area contributed by atoms with E-state index >= 15 is 0 Å². The molecule has 6 aromatic heterocycles. The zero-order chi connectivity index (χ0) is 106. The van der Waals surface area contributed by atoms with Gasteiger partial charge >= 0.3 is 0 Å². The van der Waals surface area contributed by atoms with Crippen molar-refractivity contribution >= 4 is 183 Å². The smallest absolute Gasteiger partial charge is 0.159 e. The molecule has 0 N–H and O–H groups in total. The van der Waals surface area contributed by atoms with Crippen molar-refractivity contribution in [1.82, 2.24) is 0 Å². The van der Waals surface area contributed by atoms with Gasteiger partial charge in [-0.1, -0.05) is 394 Å². The first-order chi connectivity index (χ1) is 77.0. The fraction of sp³-hybridized carbons (Fsp3) is 0. The number of hydrogen-bond acceptors (Lipinski definition) is 9. The number of rotatable bonds is 17. The summed E-state index contributed by atoms with van der Waals surface area (Å²) in [6.45, 7) is 0. The highest BCUT2D eigenvalue weighted by atomic mass is 16.4. The van der Waals surface area contributed by atoms with Crippen LogP contribution in [0.2, 0.25) is 0 Å². The van der Waals surface area contributed by atoms with E-state index in [1.807, 2.05) is 95.9 Å². The molecule has 29 aromatic rings. The van der Waals surface area contributed by atoms with E-state index in [4.69, 9.17) is 40.2 Å². The lowest BCUT2D eigenvalue weighted by Crippen LogP contribution is -2.10. The van der Waals surface area contributed by atoms with Crippen LogP contribution in [-0.2, 0) is 0 Å². The minimum atomic E-state index is -0.465. The van der Waals surface area contributed by atoms with Crippen molar-refractivity contribution in [2.24, 2.45) is 0 Å². The first-order valence-electron chi connectivity index (χ1n) is 53.9. The molecule has 0 aliphatic carbocycles. The predicted molar refractivity (Wildman–Crippen MR) is 611 cm³/mol. The Labute approximate surface area is 861 Å². The maximum absolute atomic E-state index is 8.52. The van der Waals surface area contributed by atoms with Gasteiger partial charge in [-0.25, -0.2) is 0 Å². The molecule has 0 bridgehead atoms. The Morgan fingerprint density at radius 2 is 0.347 bits per heavy atom. The molecule has 0 atom stereocenters. The van der Waals surface area contributed by atoms with Crippen molar-refractivity contribution < 1.29 is 40.2 Å². The van der Waals surface area contributed by atoms with Crippen LogP contribution in [0, 0.1) is 0 Å². The van der Waals surface area contributed by atoms with Crippen molar-refractivity contribution in [2.75, 3.05) is 14.7 Å². The summed E-state index contributed by atoms with van der Waals surface area (Å²) in [7, 11) is 0. The van der Waals surface area contributed by atoms with E-state index in [-0.39, 0.29) is 35.3 Å². The Hall–Kier alpha value is -19.7. The molecule has 6 heterocycles. The molecule has 0 saturated carbocycles. The van der Waals surface area contributed by atoms with E-state index in [1.165, 1.54) is 55.6 Å². The van der Waals surface area contributed by atoms with E-state index in [9.17, 15) is 0 Å². The number of nitrogens with zero attached hydrogens (tertiary/aromatic N) is 3. The molecular weight excluding hydrogens is 1800 g/mol. The topological polar surface area (TPSA) is 88.6 Å². The summed E-state index contributed by atoms with van der Waals surface area (Å²) in [5, 5.41) is 11.9. The molecule has 29 rings (SSSR count). The van der Waals surface area contributed by atoms with Gasteiger partial charge < -0.3 is 41.2 Å². The molecular formula is C138H89N3O6. The lowest BCUT2D eigenvalue weighted by atomic mass is 9.94. The second-order valence-electron chi connectivity index (χ2n) is 36.4. The number of anilines is 9. The quantitative estimate of drug-likeness (QED) is 0.0884. The average molecular weight is 1900 g/mol. The summed E-state index contributed by atoms with van der Waals surface area (Å²) in [6.07, 6.45) is 0. The summed E-state index contributed by atoms with van der Waals surface area (Å²) < 4.78 is 122. The van der Waals surface area contributed by atoms with E-state index in [0.29, 0.717) is 44.9 Å². The summed E-state index contributed by atoms with van der Waals surface area (Å²) in [5.41, 5.74) is 32.8. The van der Waals surface area contributed by atoms with Crippen LogP contribution in [0.5, 0.6) is 0 Å². The van der Waals surface area contributed by atoms with Gasteiger partial charge in [-0.3, -0.25) is 0 Å². The van der Waals surface area contributed by atoms with Crippen molar-refractivity contribution in [2.45, 2.75) is 0 Å². The highest BCUT2D eigenvalue weighted by Gasteiger charge is 2.28. The largest absolute Gasteiger partial charge is 0.456 e. The molecule has 9 nitrogen and oxygen atoms in total. The molecule has 9 heteroatoms. The van der Waals surface area contributed by atoms with Crippen molar-refractivity contribution in [3.05, 3.63) is 540 Å². The summed E-state index contributed by atoms with van der Waals surface area (Å²) in [5.74, 6) is 0. The lowest BCUT2D eigenvalue weighted by molar-refractivity contribution is 0.662. The van der Waals surface area contributed by atoms with Crippen LogP contribution in [0.1, 0.15) is 13.7 Å². The van der Waals surface area contributed by atoms with Crippen molar-refractivity contribution in [3.8, 4) is 89.0 Å². The maximum atomic E-state index is 8.52. The van der Waals surface area contributed by atoms with Crippen molar-refractivity contribution in [3.63, 3.8) is 0 Å². The fourth-order valence-corrected chi connectivity index (χ4v) is 20.9. The van der Waals surface area contributed by atoms with Crippen LogP contribution in [0.4, 0.5) is 51.2 Å². The first kappa shape index (κ1) is 76.1. The van der Waals surface area contributed by atoms with Crippen LogP contribution in [-0.4, -0.2) is 0 Å². The van der Waals surface area contributed by atoms with Gasteiger partial charge in [0.15, 0.2) is 16.7 Å². The molecule has 0 radical (unpaired) electrons. The number of para-hydroxylation sites is 6. The second-order valence-corrected chi connectivity index (χ2v) is 36.4. The number of furan rings is 6. The third-order valence-electron chi connectivity index (χ3n) is 27.9. The molecule has 0 fully saturated rings. The van der Waals surface area contributed by atoms with Gasteiger partial charge in [0.2, 0.25) is 0 Å². The first-order valence-corrected chi connectivity index (χ1v) is 48.9. The Balaban J connectivity index is 0.000000114. The third kappa shape index (κ3) is 15.8. The van der Waals surface area contributed by atoms with Gasteiger partial charge in [-0.15, -0.1) is 0 Å². The number of fused-ring (bicyclic) bond motifs is 21. The summed E-state index contributed by atoms with van der Waals surface area (Å²) >= 11 is 0.